The third kappa shape index (κ3) is 6.46. The van der Waals surface area contributed by atoms with E-state index < -0.39 is 0 Å². The molecule has 1 unspecified atom stereocenters. The van der Waals surface area contributed by atoms with Crippen LogP contribution >= 0.6 is 0 Å². The van der Waals surface area contributed by atoms with Crippen LogP contribution < -0.4 is 11.1 Å². The summed E-state index contributed by atoms with van der Waals surface area (Å²) in [5.41, 5.74) is 5.64. The number of nitrogens with two attached hydrogens (primary N) is 1. The Morgan fingerprint density at radius 2 is 1.86 bits per heavy atom. The molecule has 122 valence electrons. The Morgan fingerprint density at radius 3 is 2.33 bits per heavy atom. The van der Waals surface area contributed by atoms with E-state index in [-0.39, 0.29) is 17.9 Å². The maximum Gasteiger partial charge on any atom is 0.222 e. The number of carbonyl (C=O) groups is 2. The fraction of sp³-hybridized carbons (Fsp3) is 0.875. The van der Waals surface area contributed by atoms with Crippen molar-refractivity contribution in [3.8, 4) is 0 Å². The first-order valence-electron chi connectivity index (χ1n) is 8.19. The van der Waals surface area contributed by atoms with Crippen LogP contribution in [0, 0.1) is 11.8 Å². The molecule has 3 N–H and O–H groups in total. The number of rotatable bonds is 7. The number of hydrogen-bond acceptors (Lipinski definition) is 3. The van der Waals surface area contributed by atoms with Crippen LogP contribution in [0.15, 0.2) is 0 Å². The highest BCUT2D eigenvalue weighted by molar-refractivity contribution is 5.76. The predicted octanol–water partition coefficient (Wildman–Crippen LogP) is 1.51. The number of hydrogen-bond donors (Lipinski definition) is 2. The van der Waals surface area contributed by atoms with Crippen LogP contribution in [-0.4, -0.2) is 42.4 Å². The molecular formula is C16H31N3O2. The lowest BCUT2D eigenvalue weighted by molar-refractivity contribution is -0.132. The van der Waals surface area contributed by atoms with Gasteiger partial charge in [-0.05, 0) is 44.1 Å². The number of carbonyl (C=O) groups excluding carboxylic acids is 2. The van der Waals surface area contributed by atoms with Gasteiger partial charge in [-0.25, -0.2) is 0 Å². The van der Waals surface area contributed by atoms with E-state index in [1.165, 1.54) is 0 Å². The summed E-state index contributed by atoms with van der Waals surface area (Å²) in [6.07, 6.45) is 4.27. The van der Waals surface area contributed by atoms with Gasteiger partial charge in [0.05, 0.1) is 0 Å². The zero-order valence-corrected chi connectivity index (χ0v) is 13.7. The van der Waals surface area contributed by atoms with Crippen LogP contribution in [0.4, 0.5) is 0 Å². The Kier molecular flexibility index (Phi) is 7.72. The van der Waals surface area contributed by atoms with Gasteiger partial charge >= 0.3 is 0 Å². The topological polar surface area (TPSA) is 75.4 Å². The zero-order chi connectivity index (χ0) is 15.8. The van der Waals surface area contributed by atoms with Crippen LogP contribution in [0.3, 0.4) is 0 Å². The molecule has 5 heteroatoms. The van der Waals surface area contributed by atoms with Crippen LogP contribution in [0.2, 0.25) is 0 Å². The molecule has 0 bridgehead atoms. The molecule has 0 aliphatic carbocycles. The summed E-state index contributed by atoms with van der Waals surface area (Å²) in [7, 11) is 0. The number of piperidine rings is 1. The van der Waals surface area contributed by atoms with Crippen molar-refractivity contribution in [1.82, 2.24) is 10.2 Å². The number of nitrogens with zero attached hydrogens (tertiary/aromatic N) is 1. The number of likely N-dealkylation sites (tertiary alicyclic amines) is 1. The van der Waals surface area contributed by atoms with Crippen molar-refractivity contribution in [1.29, 1.82) is 0 Å². The molecule has 0 spiro atoms. The second-order valence-corrected chi connectivity index (χ2v) is 6.48. The quantitative estimate of drug-likeness (QED) is 0.748. The molecule has 0 aromatic carbocycles. The van der Waals surface area contributed by atoms with Crippen molar-refractivity contribution in [3.05, 3.63) is 0 Å². The van der Waals surface area contributed by atoms with Crippen LogP contribution in [0.1, 0.15) is 52.9 Å². The van der Waals surface area contributed by atoms with Gasteiger partial charge in [0.25, 0.3) is 0 Å². The fourth-order valence-corrected chi connectivity index (χ4v) is 3.05. The lowest BCUT2D eigenvalue weighted by Gasteiger charge is -2.32. The monoisotopic (exact) mass is 297 g/mol. The molecule has 5 nitrogen and oxygen atoms in total. The van der Waals surface area contributed by atoms with Crippen molar-refractivity contribution in [2.45, 2.75) is 58.9 Å². The third-order valence-corrected chi connectivity index (χ3v) is 4.46. The van der Waals surface area contributed by atoms with E-state index >= 15 is 0 Å². The highest BCUT2D eigenvalue weighted by atomic mass is 16.2. The summed E-state index contributed by atoms with van der Waals surface area (Å²) < 4.78 is 0. The molecular weight excluding hydrogens is 266 g/mol. The molecule has 0 saturated carbocycles. The van der Waals surface area contributed by atoms with Gasteiger partial charge in [0.1, 0.15) is 0 Å². The maximum atomic E-state index is 12.3. The van der Waals surface area contributed by atoms with Crippen LogP contribution in [0.25, 0.3) is 0 Å². The van der Waals surface area contributed by atoms with Crippen molar-refractivity contribution in [2.24, 2.45) is 17.6 Å². The summed E-state index contributed by atoms with van der Waals surface area (Å²) in [4.78, 5) is 25.2. The van der Waals surface area contributed by atoms with Crippen molar-refractivity contribution < 1.29 is 9.59 Å². The van der Waals surface area contributed by atoms with E-state index in [1.807, 2.05) is 4.90 Å². The first kappa shape index (κ1) is 18.0. The largest absolute Gasteiger partial charge is 0.353 e. The Bertz CT molecular complexity index is 336. The Hall–Kier alpha value is -1.10. The average molecular weight is 297 g/mol. The lowest BCUT2D eigenvalue weighted by atomic mass is 9.88. The van der Waals surface area contributed by atoms with Gasteiger partial charge in [0.15, 0.2) is 0 Å². The number of nitrogens with one attached hydrogen (secondary N) is 1. The van der Waals surface area contributed by atoms with Gasteiger partial charge < -0.3 is 16.0 Å². The average Bonchev–Trinajstić information content (AvgIpc) is 2.43. The zero-order valence-electron chi connectivity index (χ0n) is 13.7. The molecule has 1 atom stereocenters. The predicted molar refractivity (Wildman–Crippen MR) is 84.7 cm³/mol. The SMILES string of the molecule is CC(=O)NC1CCN(C(=O)CCC(CCN)C(C)C)CC1. The van der Waals surface area contributed by atoms with Crippen LogP contribution in [-0.2, 0) is 9.59 Å². The van der Waals surface area contributed by atoms with Gasteiger partial charge in [-0.15, -0.1) is 0 Å². The van der Waals surface area contributed by atoms with Crippen molar-refractivity contribution >= 4 is 11.8 Å². The smallest absolute Gasteiger partial charge is 0.222 e. The molecule has 1 heterocycles. The maximum absolute atomic E-state index is 12.3. The Balaban J connectivity index is 2.32. The molecule has 1 rings (SSSR count). The summed E-state index contributed by atoms with van der Waals surface area (Å²) >= 11 is 0. The normalized spacial score (nSPS) is 17.9. The van der Waals surface area contributed by atoms with E-state index in [9.17, 15) is 9.59 Å². The molecule has 0 radical (unpaired) electrons. The highest BCUT2D eigenvalue weighted by Crippen LogP contribution is 2.21. The van der Waals surface area contributed by atoms with Gasteiger partial charge in [0, 0.05) is 32.5 Å². The standard InChI is InChI=1S/C16H31N3O2/c1-12(2)14(6-9-17)4-5-16(21)19-10-7-15(8-11-19)18-13(3)20/h12,14-15H,4-11,17H2,1-3H3,(H,18,20). The van der Waals surface area contributed by atoms with E-state index in [2.05, 4.69) is 19.2 Å². The van der Waals surface area contributed by atoms with E-state index in [4.69, 9.17) is 5.73 Å². The van der Waals surface area contributed by atoms with Gasteiger partial charge in [0.2, 0.25) is 11.8 Å². The lowest BCUT2D eigenvalue weighted by Crippen LogP contribution is -2.46. The third-order valence-electron chi connectivity index (χ3n) is 4.46. The van der Waals surface area contributed by atoms with Gasteiger partial charge in [-0.2, -0.15) is 0 Å². The van der Waals surface area contributed by atoms with Crippen molar-refractivity contribution in [2.75, 3.05) is 19.6 Å². The first-order valence-corrected chi connectivity index (χ1v) is 8.19. The summed E-state index contributed by atoms with van der Waals surface area (Å²) in [5, 5.41) is 2.93. The minimum Gasteiger partial charge on any atom is -0.353 e. The van der Waals surface area contributed by atoms with E-state index in [0.29, 0.717) is 24.8 Å². The van der Waals surface area contributed by atoms with Crippen LogP contribution in [0.5, 0.6) is 0 Å². The molecule has 0 aromatic heterocycles. The van der Waals surface area contributed by atoms with E-state index in [0.717, 1.165) is 38.8 Å². The summed E-state index contributed by atoms with van der Waals surface area (Å²) in [6, 6.07) is 0.229. The second kappa shape index (κ2) is 9.03. The molecule has 1 aliphatic rings. The second-order valence-electron chi connectivity index (χ2n) is 6.48. The van der Waals surface area contributed by atoms with E-state index in [1.54, 1.807) is 6.92 Å². The summed E-state index contributed by atoms with van der Waals surface area (Å²) in [5.74, 6) is 1.38. The molecule has 21 heavy (non-hydrogen) atoms. The minimum atomic E-state index is 0.0151. The molecule has 0 aromatic rings. The highest BCUT2D eigenvalue weighted by Gasteiger charge is 2.24. The van der Waals surface area contributed by atoms with Gasteiger partial charge in [-0.3, -0.25) is 9.59 Å². The summed E-state index contributed by atoms with van der Waals surface area (Å²) in [6.45, 7) is 8.15. The molecule has 2 amide bonds. The number of amides is 2. The Labute approximate surface area is 128 Å². The molecule has 1 fully saturated rings. The Morgan fingerprint density at radius 1 is 1.24 bits per heavy atom. The fourth-order valence-electron chi connectivity index (χ4n) is 3.05. The molecule has 1 aliphatic heterocycles. The van der Waals surface area contributed by atoms with Gasteiger partial charge in [-0.1, -0.05) is 13.8 Å². The van der Waals surface area contributed by atoms with Crippen molar-refractivity contribution in [3.63, 3.8) is 0 Å². The molecule has 1 saturated heterocycles. The first-order chi connectivity index (χ1) is 9.93. The minimum absolute atomic E-state index is 0.0151.